The number of para-hydroxylation sites is 2. The average Bonchev–Trinajstić information content (AvgIpc) is 2.01. The van der Waals surface area contributed by atoms with Gasteiger partial charge in [0, 0.05) is 0 Å². The molecule has 0 aliphatic heterocycles. The Hall–Kier alpha value is -1.03. The molecule has 0 heterocycles. The average molecular weight is 202 g/mol. The summed E-state index contributed by atoms with van der Waals surface area (Å²) in [6.45, 7) is 2.84. The van der Waals surface area contributed by atoms with Crippen LogP contribution in [0.1, 0.15) is 0 Å². The van der Waals surface area contributed by atoms with E-state index in [1.807, 2.05) is 0 Å². The summed E-state index contributed by atoms with van der Waals surface area (Å²) < 4.78 is 14.7. The summed E-state index contributed by atoms with van der Waals surface area (Å²) >= 11 is 0. The zero-order valence-electron chi connectivity index (χ0n) is 6.71. The lowest BCUT2D eigenvalue weighted by Gasteiger charge is -2.07. The van der Waals surface area contributed by atoms with E-state index in [1.165, 1.54) is 6.07 Å². The van der Waals surface area contributed by atoms with Crippen molar-refractivity contribution in [3.05, 3.63) is 30.9 Å². The SMILES string of the molecule is [CH2]P(=O)(O)OOc1ccccc1N. The summed E-state index contributed by atoms with van der Waals surface area (Å²) in [5.41, 5.74) is 5.77. The quantitative estimate of drug-likeness (QED) is 0.336. The molecule has 0 saturated carbocycles. The Morgan fingerprint density at radius 1 is 1.46 bits per heavy atom. The molecule has 5 nitrogen and oxygen atoms in total. The van der Waals surface area contributed by atoms with Gasteiger partial charge in [-0.3, -0.25) is 4.57 Å². The van der Waals surface area contributed by atoms with Gasteiger partial charge in [0.05, 0.1) is 12.4 Å². The van der Waals surface area contributed by atoms with Crippen LogP contribution >= 0.6 is 7.60 Å². The third kappa shape index (κ3) is 3.46. The third-order valence-electron chi connectivity index (χ3n) is 1.16. The number of anilines is 1. The van der Waals surface area contributed by atoms with Crippen molar-refractivity contribution in [2.75, 3.05) is 5.73 Å². The largest absolute Gasteiger partial charge is 0.396 e. The molecule has 0 saturated heterocycles. The van der Waals surface area contributed by atoms with Crippen molar-refractivity contribution < 1.29 is 19.0 Å². The topological polar surface area (TPSA) is 81.8 Å². The van der Waals surface area contributed by atoms with E-state index in [2.05, 4.69) is 16.2 Å². The maximum atomic E-state index is 10.6. The highest BCUT2D eigenvalue weighted by atomic mass is 31.2. The lowest BCUT2D eigenvalue weighted by atomic mass is 10.3. The Labute approximate surface area is 75.5 Å². The molecule has 0 amide bonds. The summed E-state index contributed by atoms with van der Waals surface area (Å²) in [6.07, 6.45) is 0. The van der Waals surface area contributed by atoms with E-state index in [9.17, 15) is 4.57 Å². The van der Waals surface area contributed by atoms with E-state index >= 15 is 0 Å². The van der Waals surface area contributed by atoms with Crippen molar-refractivity contribution in [2.45, 2.75) is 0 Å². The van der Waals surface area contributed by atoms with Crippen LogP contribution < -0.4 is 10.6 Å². The number of nitrogens with two attached hydrogens (primary N) is 1. The first-order valence-corrected chi connectivity index (χ1v) is 5.13. The predicted octanol–water partition coefficient (Wildman–Crippen LogP) is 1.56. The van der Waals surface area contributed by atoms with Crippen LogP contribution in [0.3, 0.4) is 0 Å². The molecule has 13 heavy (non-hydrogen) atoms. The van der Waals surface area contributed by atoms with Gasteiger partial charge in [-0.15, -0.1) is 0 Å². The van der Waals surface area contributed by atoms with Crippen LogP contribution in [-0.2, 0) is 9.24 Å². The van der Waals surface area contributed by atoms with Crippen molar-refractivity contribution in [2.24, 2.45) is 0 Å². The van der Waals surface area contributed by atoms with Crippen molar-refractivity contribution in [1.29, 1.82) is 0 Å². The van der Waals surface area contributed by atoms with Gasteiger partial charge in [-0.25, -0.2) is 0 Å². The number of hydrogen-bond acceptors (Lipinski definition) is 4. The van der Waals surface area contributed by atoms with Crippen LogP contribution in [0.5, 0.6) is 5.75 Å². The fourth-order valence-corrected chi connectivity index (χ4v) is 0.852. The number of benzene rings is 1. The minimum absolute atomic E-state index is 0.181. The molecule has 3 N–H and O–H groups in total. The van der Waals surface area contributed by atoms with Gasteiger partial charge < -0.3 is 15.5 Å². The predicted molar refractivity (Wildman–Crippen MR) is 47.7 cm³/mol. The summed E-state index contributed by atoms with van der Waals surface area (Å²) in [5, 5.41) is 0. The molecule has 1 unspecified atom stereocenters. The molecule has 0 aliphatic carbocycles. The standard InChI is InChI=1S/C7H9NO4P/c1-13(9,10)12-11-7-5-3-2-4-6(7)8/h2-5H,1,8H2,(H,9,10). The van der Waals surface area contributed by atoms with E-state index in [1.54, 1.807) is 18.2 Å². The van der Waals surface area contributed by atoms with Gasteiger partial charge in [0.15, 0.2) is 5.75 Å². The second kappa shape index (κ2) is 3.79. The monoisotopic (exact) mass is 202 g/mol. The second-order valence-electron chi connectivity index (χ2n) is 2.33. The molecule has 1 aromatic carbocycles. The Bertz CT molecular complexity index is 335. The summed E-state index contributed by atoms with van der Waals surface area (Å²) in [4.78, 5) is 13.1. The molecule has 0 fully saturated rings. The Kier molecular flexibility index (Phi) is 2.93. The lowest BCUT2D eigenvalue weighted by Crippen LogP contribution is -1.96. The first kappa shape index (κ1) is 10.1. The molecule has 0 aliphatic rings. The highest BCUT2D eigenvalue weighted by Crippen LogP contribution is 2.40. The minimum atomic E-state index is -3.88. The van der Waals surface area contributed by atoms with Gasteiger partial charge in [-0.05, 0) is 12.1 Å². The Morgan fingerprint density at radius 3 is 2.62 bits per heavy atom. The zero-order valence-corrected chi connectivity index (χ0v) is 7.61. The molecule has 1 aromatic rings. The molecule has 1 atom stereocenters. The van der Waals surface area contributed by atoms with E-state index in [-0.39, 0.29) is 5.75 Å². The van der Waals surface area contributed by atoms with E-state index in [4.69, 9.17) is 10.6 Å². The van der Waals surface area contributed by atoms with Crippen molar-refractivity contribution >= 4 is 13.3 Å². The number of nitrogen functional groups attached to an aromatic ring is 1. The van der Waals surface area contributed by atoms with Gasteiger partial charge in [-0.2, -0.15) is 0 Å². The molecule has 1 rings (SSSR count). The van der Waals surface area contributed by atoms with Gasteiger partial charge >= 0.3 is 7.60 Å². The molecule has 6 heteroatoms. The molecule has 0 spiro atoms. The van der Waals surface area contributed by atoms with Crippen LogP contribution in [0, 0.1) is 6.66 Å². The highest BCUT2D eigenvalue weighted by molar-refractivity contribution is 7.53. The first-order valence-electron chi connectivity index (χ1n) is 3.37. The molecule has 71 valence electrons. The molecular weight excluding hydrogens is 193 g/mol. The third-order valence-corrected chi connectivity index (χ3v) is 1.47. The minimum Gasteiger partial charge on any atom is -0.396 e. The second-order valence-corrected chi connectivity index (χ2v) is 3.76. The summed E-state index contributed by atoms with van der Waals surface area (Å²) in [5.74, 6) is 0.181. The number of hydrogen-bond donors (Lipinski definition) is 2. The fraction of sp³-hybridized carbons (Fsp3) is 0. The smallest absolute Gasteiger partial charge is 0.367 e. The van der Waals surface area contributed by atoms with Gasteiger partial charge in [0.25, 0.3) is 0 Å². The van der Waals surface area contributed by atoms with E-state index in [0.29, 0.717) is 5.69 Å². The zero-order chi connectivity index (χ0) is 9.90. The molecular formula is C7H9NO4P. The number of rotatable bonds is 3. The Morgan fingerprint density at radius 2 is 2.08 bits per heavy atom. The van der Waals surface area contributed by atoms with Crippen LogP contribution in [0.2, 0.25) is 0 Å². The maximum absolute atomic E-state index is 10.6. The van der Waals surface area contributed by atoms with Crippen molar-refractivity contribution in [3.8, 4) is 5.75 Å². The summed E-state index contributed by atoms with van der Waals surface area (Å²) in [7, 11) is -3.88. The fourth-order valence-electron chi connectivity index (χ4n) is 0.655. The lowest BCUT2D eigenvalue weighted by molar-refractivity contribution is -0.106. The first-order chi connectivity index (χ1) is 5.99. The van der Waals surface area contributed by atoms with Crippen molar-refractivity contribution in [1.82, 2.24) is 0 Å². The van der Waals surface area contributed by atoms with Crippen LogP contribution in [-0.4, -0.2) is 4.89 Å². The maximum Gasteiger partial charge on any atom is 0.367 e. The Balaban J connectivity index is 2.65. The normalized spacial score (nSPS) is 14.9. The van der Waals surface area contributed by atoms with Crippen LogP contribution in [0.15, 0.2) is 24.3 Å². The molecule has 1 radical (unpaired) electrons. The van der Waals surface area contributed by atoms with E-state index in [0.717, 1.165) is 0 Å². The van der Waals surface area contributed by atoms with Crippen LogP contribution in [0.25, 0.3) is 0 Å². The summed E-state index contributed by atoms with van der Waals surface area (Å²) in [6, 6.07) is 6.43. The van der Waals surface area contributed by atoms with Crippen molar-refractivity contribution in [3.63, 3.8) is 0 Å². The molecule has 0 aromatic heterocycles. The van der Waals surface area contributed by atoms with Gasteiger partial charge in [0.1, 0.15) is 0 Å². The van der Waals surface area contributed by atoms with Gasteiger partial charge in [-0.1, -0.05) is 16.8 Å². The van der Waals surface area contributed by atoms with Gasteiger partial charge in [0.2, 0.25) is 0 Å². The molecule has 0 bridgehead atoms. The van der Waals surface area contributed by atoms with Crippen LogP contribution in [0.4, 0.5) is 5.69 Å². The highest BCUT2D eigenvalue weighted by Gasteiger charge is 2.13. The van der Waals surface area contributed by atoms with E-state index < -0.39 is 7.60 Å².